The number of benzene rings is 2. The summed E-state index contributed by atoms with van der Waals surface area (Å²) < 4.78 is 48.9. The Bertz CT molecular complexity index is 1740. The lowest BCUT2D eigenvalue weighted by Gasteiger charge is -2.21. The summed E-state index contributed by atoms with van der Waals surface area (Å²) in [6, 6.07) is 10.9. The van der Waals surface area contributed by atoms with Crippen LogP contribution in [0.15, 0.2) is 48.5 Å². The number of ether oxygens (including phenoxy) is 2. The van der Waals surface area contributed by atoms with Crippen LogP contribution in [0.25, 0.3) is 0 Å². The molecule has 14 nitrogen and oxygen atoms in total. The fourth-order valence-electron chi connectivity index (χ4n) is 5.52. The van der Waals surface area contributed by atoms with E-state index in [1.165, 1.54) is 24.3 Å². The second-order valence-corrected chi connectivity index (χ2v) is 13.0. The second-order valence-electron chi connectivity index (χ2n) is 12.5. The van der Waals surface area contributed by atoms with E-state index in [9.17, 15) is 37.5 Å². The summed E-state index contributed by atoms with van der Waals surface area (Å²) in [5, 5.41) is 21.0. The van der Waals surface area contributed by atoms with Gasteiger partial charge >= 0.3 is 18.2 Å². The minimum atomic E-state index is -4.64. The van der Waals surface area contributed by atoms with Crippen LogP contribution in [0.5, 0.6) is 6.01 Å². The van der Waals surface area contributed by atoms with Gasteiger partial charge in [-0.3, -0.25) is 14.4 Å². The first-order chi connectivity index (χ1) is 24.8. The first-order valence-corrected chi connectivity index (χ1v) is 17.0. The van der Waals surface area contributed by atoms with E-state index in [4.69, 9.17) is 21.1 Å². The third-order valence-corrected chi connectivity index (χ3v) is 8.74. The van der Waals surface area contributed by atoms with E-state index >= 15 is 0 Å². The molecule has 0 bridgehead atoms. The number of nitrogens with one attached hydrogen (secondary N) is 4. The topological polar surface area (TPSA) is 194 Å². The number of Topliss-reactive ketones (excluding diaryl/α,β-unsaturated/α-hetero) is 1. The van der Waals surface area contributed by atoms with Crippen molar-refractivity contribution in [3.8, 4) is 6.01 Å². The number of alkyl halides is 3. The summed E-state index contributed by atoms with van der Waals surface area (Å²) in [6.07, 6.45) is -0.957. The highest BCUT2D eigenvalue weighted by Crippen LogP contribution is 2.48. The van der Waals surface area contributed by atoms with Crippen LogP contribution in [0.2, 0.25) is 5.02 Å². The number of carboxylic acids is 1. The van der Waals surface area contributed by atoms with Crippen LogP contribution in [0.1, 0.15) is 60.9 Å². The van der Waals surface area contributed by atoms with E-state index in [1.54, 1.807) is 12.1 Å². The Kier molecular flexibility index (Phi) is 12.5. The number of anilines is 3. The average Bonchev–Trinajstić information content (AvgIpc) is 3.90. The number of aromatic nitrogens is 3. The monoisotopic (exact) mass is 747 g/mol. The zero-order chi connectivity index (χ0) is 37.3. The Morgan fingerprint density at radius 1 is 1.02 bits per heavy atom. The molecule has 1 aromatic heterocycles. The molecule has 3 aromatic rings. The average molecular weight is 748 g/mol. The predicted molar refractivity (Wildman–Crippen MR) is 181 cm³/mol. The molecule has 52 heavy (non-hydrogen) atoms. The van der Waals surface area contributed by atoms with Gasteiger partial charge in [-0.2, -0.15) is 28.1 Å². The third-order valence-electron chi connectivity index (χ3n) is 8.49. The van der Waals surface area contributed by atoms with E-state index in [0.29, 0.717) is 43.2 Å². The smallest absolute Gasteiger partial charge is 0.422 e. The lowest BCUT2D eigenvalue weighted by molar-refractivity contribution is -0.154. The molecule has 2 fully saturated rings. The van der Waals surface area contributed by atoms with Gasteiger partial charge in [0.25, 0.3) is 11.8 Å². The molecule has 2 atom stereocenters. The summed E-state index contributed by atoms with van der Waals surface area (Å²) in [7, 11) is 0. The zero-order valence-electron chi connectivity index (χ0n) is 27.8. The molecule has 2 heterocycles. The number of aliphatic carboxylic acids is 1. The van der Waals surface area contributed by atoms with Gasteiger partial charge in [0.2, 0.25) is 17.7 Å². The molecule has 1 unspecified atom stereocenters. The minimum absolute atomic E-state index is 0.0343. The molecule has 278 valence electrons. The number of nitrogens with zero attached hydrogens (tertiary/aromatic N) is 3. The number of halogens is 4. The molecular weight excluding hydrogens is 711 g/mol. The quantitative estimate of drug-likeness (QED) is 0.119. The van der Waals surface area contributed by atoms with Crippen molar-refractivity contribution in [1.29, 1.82) is 0 Å². The van der Waals surface area contributed by atoms with E-state index in [-0.39, 0.29) is 42.8 Å². The highest BCUT2D eigenvalue weighted by Gasteiger charge is 2.45. The van der Waals surface area contributed by atoms with Gasteiger partial charge < -0.3 is 35.8 Å². The highest BCUT2D eigenvalue weighted by molar-refractivity contribution is 6.36. The molecule has 1 aliphatic carbocycles. The van der Waals surface area contributed by atoms with Crippen LogP contribution in [0.4, 0.5) is 30.8 Å². The number of ketones is 1. The minimum Gasteiger partial charge on any atom is -0.480 e. The fraction of sp³-hybridized carbons (Fsp3) is 0.441. The van der Waals surface area contributed by atoms with Crippen molar-refractivity contribution < 1.29 is 46.9 Å². The molecule has 5 rings (SSSR count). The van der Waals surface area contributed by atoms with Crippen LogP contribution >= 0.6 is 11.6 Å². The largest absolute Gasteiger partial charge is 0.480 e. The molecule has 2 aromatic carbocycles. The lowest BCUT2D eigenvalue weighted by atomic mass is 9.95. The highest BCUT2D eigenvalue weighted by atomic mass is 35.5. The van der Waals surface area contributed by atoms with Crippen LogP contribution in [0.3, 0.4) is 0 Å². The Hall–Kier alpha value is -5.03. The van der Waals surface area contributed by atoms with Gasteiger partial charge in [-0.1, -0.05) is 23.7 Å². The van der Waals surface area contributed by atoms with Gasteiger partial charge in [0.05, 0.1) is 5.54 Å². The number of hydrogen-bond acceptors (Lipinski definition) is 11. The number of amides is 2. The van der Waals surface area contributed by atoms with Crippen molar-refractivity contribution in [3.63, 3.8) is 0 Å². The summed E-state index contributed by atoms with van der Waals surface area (Å²) >= 11 is 6.02. The van der Waals surface area contributed by atoms with Gasteiger partial charge in [0.1, 0.15) is 6.04 Å². The maximum absolute atomic E-state index is 12.9. The van der Waals surface area contributed by atoms with Gasteiger partial charge in [0, 0.05) is 42.5 Å². The van der Waals surface area contributed by atoms with Gasteiger partial charge in [-0.25, -0.2) is 4.79 Å². The number of rotatable bonds is 17. The molecular formula is C34H37ClF3N7O7. The number of hydrogen-bond donors (Lipinski definition) is 5. The Morgan fingerprint density at radius 2 is 1.73 bits per heavy atom. The van der Waals surface area contributed by atoms with Crippen LogP contribution < -0.4 is 26.0 Å². The Morgan fingerprint density at radius 3 is 2.37 bits per heavy atom. The third kappa shape index (κ3) is 11.2. The molecule has 2 aliphatic rings. The fourth-order valence-corrected chi connectivity index (χ4v) is 5.64. The van der Waals surface area contributed by atoms with Crippen LogP contribution in [0, 0.1) is 5.92 Å². The van der Waals surface area contributed by atoms with E-state index in [0.717, 1.165) is 18.4 Å². The molecule has 2 amide bonds. The summed E-state index contributed by atoms with van der Waals surface area (Å²) in [5.41, 5.74) is 0.765. The maximum atomic E-state index is 12.9. The van der Waals surface area contributed by atoms with Crippen LogP contribution in [-0.2, 0) is 24.7 Å². The number of carbonyl (C=O) groups is 4. The van der Waals surface area contributed by atoms with Crippen molar-refractivity contribution >= 4 is 52.8 Å². The lowest BCUT2D eigenvalue weighted by Crippen LogP contribution is -2.43. The number of carboxylic acid groups (broad SMARTS) is 1. The molecule has 0 radical (unpaired) electrons. The Labute approximate surface area is 301 Å². The standard InChI is InChI=1S/C34H37ClF3N7O7/c35-23-8-6-22(7-9-23)33(14-15-33)45-31-42-30(43-32(44-31)52-19-34(36,37)38)40-24-10-4-21(5-11-24)27(47)41-25(29(49)50)13-16-39-28(48)26(46)12-3-20-2-1-17-51-18-20/h4-11,20,25H,1-3,12-19H2,(H,39,48)(H,41,47)(H,49,50)(H2,40,42,43,44,45)/t20?,25-/m0/s1. The molecule has 1 aliphatic heterocycles. The normalized spacial score (nSPS) is 17.0. The molecule has 0 spiro atoms. The molecule has 18 heteroatoms. The zero-order valence-corrected chi connectivity index (χ0v) is 28.6. The SMILES string of the molecule is O=C(CCC1CCCOC1)C(=O)NCC[C@H](NC(=O)c1ccc(Nc2nc(NC3(c4ccc(Cl)cc4)CC3)nc(OCC(F)(F)F)n2)cc1)C(=O)O. The summed E-state index contributed by atoms with van der Waals surface area (Å²) in [6.45, 7) is -0.529. The summed E-state index contributed by atoms with van der Waals surface area (Å²) in [4.78, 5) is 61.4. The van der Waals surface area contributed by atoms with Gasteiger partial charge in [-0.05, 0) is 86.4 Å². The van der Waals surface area contributed by atoms with Crippen molar-refractivity contribution in [1.82, 2.24) is 25.6 Å². The van der Waals surface area contributed by atoms with Crippen molar-refractivity contribution in [2.75, 3.05) is 37.0 Å². The van der Waals surface area contributed by atoms with Crippen LogP contribution in [-0.4, -0.2) is 82.2 Å². The maximum Gasteiger partial charge on any atom is 0.422 e. The van der Waals surface area contributed by atoms with E-state index in [1.807, 2.05) is 12.1 Å². The van der Waals surface area contributed by atoms with Gasteiger partial charge in [-0.15, -0.1) is 0 Å². The van der Waals surface area contributed by atoms with Crippen molar-refractivity contribution in [2.45, 2.75) is 62.7 Å². The van der Waals surface area contributed by atoms with E-state index < -0.39 is 53.9 Å². The molecule has 1 saturated heterocycles. The molecule has 5 N–H and O–H groups in total. The first kappa shape index (κ1) is 38.2. The summed E-state index contributed by atoms with van der Waals surface area (Å²) in [5.74, 6) is -3.43. The second kappa shape index (κ2) is 17.0. The van der Waals surface area contributed by atoms with Crippen molar-refractivity contribution in [3.05, 3.63) is 64.7 Å². The first-order valence-electron chi connectivity index (χ1n) is 16.6. The van der Waals surface area contributed by atoms with Gasteiger partial charge in [0.15, 0.2) is 6.61 Å². The predicted octanol–water partition coefficient (Wildman–Crippen LogP) is 4.78. The van der Waals surface area contributed by atoms with E-state index in [2.05, 4.69) is 36.2 Å². The van der Waals surface area contributed by atoms with Crippen molar-refractivity contribution in [2.24, 2.45) is 5.92 Å². The molecule has 1 saturated carbocycles. The Balaban J connectivity index is 1.17. The number of carbonyl (C=O) groups excluding carboxylic acids is 3.